The van der Waals surface area contributed by atoms with Crippen LogP contribution < -0.4 is 5.32 Å². The Balaban J connectivity index is 1.96. The van der Waals surface area contributed by atoms with E-state index in [1.807, 2.05) is 26.0 Å². The zero-order chi connectivity index (χ0) is 19.1. The van der Waals surface area contributed by atoms with E-state index >= 15 is 0 Å². The van der Waals surface area contributed by atoms with Crippen LogP contribution in [0, 0.1) is 12.8 Å². The SMILES string of the molecule is CCOC(=O)c1c(NC(=O)COC(=O)C[C@H]2C=CCC2)sc(CC)c1C. The molecule has 0 aliphatic heterocycles. The zero-order valence-electron chi connectivity index (χ0n) is 15.4. The fraction of sp³-hybridized carbons (Fsp3) is 0.526. The van der Waals surface area contributed by atoms with Gasteiger partial charge in [0, 0.05) is 4.88 Å². The number of esters is 2. The smallest absolute Gasteiger partial charge is 0.341 e. The van der Waals surface area contributed by atoms with E-state index in [1.165, 1.54) is 11.3 Å². The summed E-state index contributed by atoms with van der Waals surface area (Å²) < 4.78 is 10.1. The third kappa shape index (κ3) is 5.17. The Kier molecular flexibility index (Phi) is 7.38. The van der Waals surface area contributed by atoms with Gasteiger partial charge in [0.25, 0.3) is 5.91 Å². The van der Waals surface area contributed by atoms with Gasteiger partial charge in [0.15, 0.2) is 6.61 Å². The van der Waals surface area contributed by atoms with Crippen LogP contribution in [-0.2, 0) is 25.5 Å². The first-order valence-electron chi connectivity index (χ1n) is 8.87. The summed E-state index contributed by atoms with van der Waals surface area (Å²) in [6.07, 6.45) is 7.02. The number of hydrogen-bond donors (Lipinski definition) is 1. The van der Waals surface area contributed by atoms with Crippen LogP contribution in [0.5, 0.6) is 0 Å². The Morgan fingerprint density at radius 3 is 2.65 bits per heavy atom. The average Bonchev–Trinajstić information content (AvgIpc) is 3.21. The summed E-state index contributed by atoms with van der Waals surface area (Å²) >= 11 is 1.35. The topological polar surface area (TPSA) is 81.7 Å². The molecule has 1 aromatic rings. The number of anilines is 1. The molecule has 1 amide bonds. The Bertz CT molecular complexity index is 707. The maximum absolute atomic E-state index is 12.2. The molecule has 0 spiro atoms. The van der Waals surface area contributed by atoms with Crippen LogP contribution in [0.25, 0.3) is 0 Å². The summed E-state index contributed by atoms with van der Waals surface area (Å²) in [5.41, 5.74) is 1.20. The normalized spacial score (nSPS) is 15.7. The van der Waals surface area contributed by atoms with Crippen molar-refractivity contribution in [2.24, 2.45) is 5.92 Å². The largest absolute Gasteiger partial charge is 0.462 e. The van der Waals surface area contributed by atoms with Crippen LogP contribution in [-0.4, -0.2) is 31.1 Å². The lowest BCUT2D eigenvalue weighted by Crippen LogP contribution is -2.22. The minimum Gasteiger partial charge on any atom is -0.462 e. The summed E-state index contributed by atoms with van der Waals surface area (Å²) in [6, 6.07) is 0. The van der Waals surface area contributed by atoms with Gasteiger partial charge in [-0.15, -0.1) is 11.3 Å². The van der Waals surface area contributed by atoms with Crippen LogP contribution in [0.3, 0.4) is 0 Å². The van der Waals surface area contributed by atoms with Crippen molar-refractivity contribution >= 4 is 34.2 Å². The molecule has 0 fully saturated rings. The van der Waals surface area contributed by atoms with Crippen LogP contribution in [0.2, 0.25) is 0 Å². The van der Waals surface area contributed by atoms with Gasteiger partial charge in [-0.1, -0.05) is 19.1 Å². The van der Waals surface area contributed by atoms with Gasteiger partial charge in [-0.3, -0.25) is 9.59 Å². The molecular formula is C19H25NO5S. The molecule has 0 aromatic carbocycles. The average molecular weight is 379 g/mol. The third-order valence-electron chi connectivity index (χ3n) is 4.20. The highest BCUT2D eigenvalue weighted by molar-refractivity contribution is 7.17. The number of carbonyl (C=O) groups excluding carboxylic acids is 3. The second-order valence-electron chi connectivity index (χ2n) is 6.11. The molecule has 1 aromatic heterocycles. The van der Waals surface area contributed by atoms with Gasteiger partial charge in [0.1, 0.15) is 5.00 Å². The fourth-order valence-electron chi connectivity index (χ4n) is 2.88. The fourth-order valence-corrected chi connectivity index (χ4v) is 4.03. The molecular weight excluding hydrogens is 354 g/mol. The molecule has 1 heterocycles. The predicted molar refractivity (Wildman–Crippen MR) is 100 cm³/mol. The Labute approximate surface area is 157 Å². The number of ether oxygens (including phenoxy) is 2. The molecule has 26 heavy (non-hydrogen) atoms. The summed E-state index contributed by atoms with van der Waals surface area (Å²) in [4.78, 5) is 37.2. The summed E-state index contributed by atoms with van der Waals surface area (Å²) in [7, 11) is 0. The van der Waals surface area contributed by atoms with E-state index < -0.39 is 11.9 Å². The van der Waals surface area contributed by atoms with Crippen molar-refractivity contribution in [1.29, 1.82) is 0 Å². The van der Waals surface area contributed by atoms with Gasteiger partial charge in [0.2, 0.25) is 0 Å². The van der Waals surface area contributed by atoms with E-state index in [1.54, 1.807) is 6.92 Å². The number of allylic oxidation sites excluding steroid dienone is 2. The van der Waals surface area contributed by atoms with Crippen molar-refractivity contribution in [2.75, 3.05) is 18.5 Å². The van der Waals surface area contributed by atoms with E-state index in [0.29, 0.717) is 10.6 Å². The molecule has 0 bridgehead atoms. The third-order valence-corrected chi connectivity index (χ3v) is 5.56. The van der Waals surface area contributed by atoms with Crippen molar-refractivity contribution in [3.63, 3.8) is 0 Å². The van der Waals surface area contributed by atoms with Crippen LogP contribution in [0.15, 0.2) is 12.2 Å². The minimum atomic E-state index is -0.463. The number of aryl methyl sites for hydroxylation is 1. The summed E-state index contributed by atoms with van der Waals surface area (Å²) in [6.45, 7) is 5.45. The molecule has 0 unspecified atom stereocenters. The van der Waals surface area contributed by atoms with Crippen molar-refractivity contribution in [1.82, 2.24) is 0 Å². The van der Waals surface area contributed by atoms with E-state index in [-0.39, 0.29) is 31.5 Å². The van der Waals surface area contributed by atoms with Crippen LogP contribution >= 0.6 is 11.3 Å². The van der Waals surface area contributed by atoms with Crippen LogP contribution in [0.1, 0.15) is 53.9 Å². The van der Waals surface area contributed by atoms with E-state index in [0.717, 1.165) is 29.7 Å². The predicted octanol–water partition coefficient (Wildman–Crippen LogP) is 3.63. The first-order chi connectivity index (χ1) is 12.5. The maximum Gasteiger partial charge on any atom is 0.341 e. The molecule has 6 nitrogen and oxygen atoms in total. The van der Waals surface area contributed by atoms with Crippen molar-refractivity contribution < 1.29 is 23.9 Å². The number of carbonyl (C=O) groups is 3. The van der Waals surface area contributed by atoms with Crippen LogP contribution in [0.4, 0.5) is 5.00 Å². The zero-order valence-corrected chi connectivity index (χ0v) is 16.2. The van der Waals surface area contributed by atoms with Gasteiger partial charge in [-0.2, -0.15) is 0 Å². The summed E-state index contributed by atoms with van der Waals surface area (Å²) in [5.74, 6) is -1.11. The minimum absolute atomic E-state index is 0.202. The van der Waals surface area contributed by atoms with E-state index in [4.69, 9.17) is 9.47 Å². The number of nitrogens with one attached hydrogen (secondary N) is 1. The highest BCUT2D eigenvalue weighted by Crippen LogP contribution is 2.34. The maximum atomic E-state index is 12.2. The first kappa shape index (κ1) is 20.2. The van der Waals surface area contributed by atoms with Gasteiger partial charge < -0.3 is 14.8 Å². The number of rotatable bonds is 8. The molecule has 1 aliphatic rings. The van der Waals surface area contributed by atoms with Gasteiger partial charge in [-0.25, -0.2) is 4.79 Å². The molecule has 0 saturated carbocycles. The number of thiophene rings is 1. The lowest BCUT2D eigenvalue weighted by Gasteiger charge is -2.09. The standard InChI is InChI=1S/C19H25NO5S/c1-4-14-12(3)17(19(23)24-5-2)18(26-14)20-15(21)11-25-16(22)10-13-8-6-7-9-13/h6,8,13H,4-5,7,9-11H2,1-3H3,(H,20,21)/t13-/m0/s1. The van der Waals surface area contributed by atoms with E-state index in [2.05, 4.69) is 5.32 Å². The second kappa shape index (κ2) is 9.52. The number of amides is 1. The highest BCUT2D eigenvalue weighted by atomic mass is 32.1. The lowest BCUT2D eigenvalue weighted by molar-refractivity contribution is -0.147. The molecule has 1 N–H and O–H groups in total. The summed E-state index contributed by atoms with van der Waals surface area (Å²) in [5, 5.41) is 3.12. The lowest BCUT2D eigenvalue weighted by atomic mass is 10.1. The molecule has 1 aliphatic carbocycles. The molecule has 7 heteroatoms. The molecule has 2 rings (SSSR count). The molecule has 0 radical (unpaired) electrons. The Morgan fingerprint density at radius 2 is 2.04 bits per heavy atom. The van der Waals surface area contributed by atoms with Crippen molar-refractivity contribution in [3.05, 3.63) is 28.2 Å². The van der Waals surface area contributed by atoms with E-state index in [9.17, 15) is 14.4 Å². The number of hydrogen-bond acceptors (Lipinski definition) is 6. The Morgan fingerprint density at radius 1 is 1.27 bits per heavy atom. The Hall–Kier alpha value is -2.15. The molecule has 1 atom stereocenters. The van der Waals surface area contributed by atoms with Gasteiger partial charge >= 0.3 is 11.9 Å². The molecule has 0 saturated heterocycles. The molecule has 142 valence electrons. The van der Waals surface area contributed by atoms with Gasteiger partial charge in [0.05, 0.1) is 18.6 Å². The quantitative estimate of drug-likeness (QED) is 0.551. The second-order valence-corrected chi connectivity index (χ2v) is 7.21. The van der Waals surface area contributed by atoms with Crippen molar-refractivity contribution in [3.8, 4) is 0 Å². The highest BCUT2D eigenvalue weighted by Gasteiger charge is 2.23. The first-order valence-corrected chi connectivity index (χ1v) is 9.69. The van der Waals surface area contributed by atoms with Crippen molar-refractivity contribution in [2.45, 2.75) is 46.5 Å². The van der Waals surface area contributed by atoms with Gasteiger partial charge in [-0.05, 0) is 44.6 Å². The monoisotopic (exact) mass is 379 g/mol.